The Bertz CT molecular complexity index is 324. The predicted molar refractivity (Wildman–Crippen MR) is 66.6 cm³/mol. The summed E-state index contributed by atoms with van der Waals surface area (Å²) in [6, 6.07) is 8.34. The monoisotopic (exact) mass is 239 g/mol. The van der Waals surface area contributed by atoms with Gasteiger partial charge in [0.1, 0.15) is 0 Å². The van der Waals surface area contributed by atoms with Gasteiger partial charge in [-0.1, -0.05) is 12.1 Å². The van der Waals surface area contributed by atoms with Crippen molar-refractivity contribution in [1.29, 1.82) is 0 Å². The smallest absolute Gasteiger partial charge is 0.306 e. The van der Waals surface area contributed by atoms with Gasteiger partial charge in [0.05, 0.1) is 13.5 Å². The van der Waals surface area contributed by atoms with E-state index in [-0.39, 0.29) is 5.97 Å². The minimum absolute atomic E-state index is 0.153. The molecule has 0 atom stereocenters. The van der Waals surface area contributed by atoms with Gasteiger partial charge >= 0.3 is 5.97 Å². The van der Waals surface area contributed by atoms with Gasteiger partial charge in [0, 0.05) is 17.2 Å². The van der Waals surface area contributed by atoms with Crippen molar-refractivity contribution in [3.63, 3.8) is 0 Å². The van der Waals surface area contributed by atoms with E-state index < -0.39 is 0 Å². The summed E-state index contributed by atoms with van der Waals surface area (Å²) >= 11 is 1.67. The third-order valence-electron chi connectivity index (χ3n) is 2.11. The molecule has 0 aromatic heterocycles. The zero-order chi connectivity index (χ0) is 11.8. The van der Waals surface area contributed by atoms with Crippen molar-refractivity contribution < 1.29 is 9.53 Å². The van der Waals surface area contributed by atoms with Crippen LogP contribution in [0.2, 0.25) is 0 Å². The van der Waals surface area contributed by atoms with Crippen LogP contribution < -0.4 is 5.32 Å². The van der Waals surface area contributed by atoms with Crippen LogP contribution in [0.4, 0.5) is 0 Å². The fraction of sp³-hybridized carbons (Fsp3) is 0.417. The highest BCUT2D eigenvalue weighted by molar-refractivity contribution is 7.99. The van der Waals surface area contributed by atoms with Gasteiger partial charge in [-0.25, -0.2) is 0 Å². The summed E-state index contributed by atoms with van der Waals surface area (Å²) in [6.07, 6.45) is 0.458. The first-order valence-corrected chi connectivity index (χ1v) is 6.18. The Morgan fingerprint density at radius 1 is 1.38 bits per heavy atom. The van der Waals surface area contributed by atoms with Crippen molar-refractivity contribution in [2.24, 2.45) is 0 Å². The van der Waals surface area contributed by atoms with E-state index in [1.54, 1.807) is 11.8 Å². The topological polar surface area (TPSA) is 38.3 Å². The van der Waals surface area contributed by atoms with Crippen LogP contribution in [0.1, 0.15) is 12.0 Å². The number of ether oxygens (including phenoxy) is 1. The van der Waals surface area contributed by atoms with E-state index >= 15 is 0 Å². The number of benzene rings is 1. The maximum Gasteiger partial charge on any atom is 0.306 e. The molecule has 4 heteroatoms. The van der Waals surface area contributed by atoms with Crippen LogP contribution in [0.15, 0.2) is 29.2 Å². The number of nitrogens with one attached hydrogen (secondary N) is 1. The summed E-state index contributed by atoms with van der Waals surface area (Å²) in [6.45, 7) is 0.882. The van der Waals surface area contributed by atoms with Crippen LogP contribution in [0.25, 0.3) is 0 Å². The Morgan fingerprint density at radius 2 is 2.06 bits per heavy atom. The predicted octanol–water partition coefficient (Wildman–Crippen LogP) is 2.06. The fourth-order valence-corrected chi connectivity index (χ4v) is 2.09. The lowest BCUT2D eigenvalue weighted by Crippen LogP contribution is -2.04. The third-order valence-corrected chi connectivity index (χ3v) is 3.12. The Morgan fingerprint density at radius 3 is 2.62 bits per heavy atom. The van der Waals surface area contributed by atoms with Gasteiger partial charge < -0.3 is 10.1 Å². The number of thioether (sulfide) groups is 1. The summed E-state index contributed by atoms with van der Waals surface area (Å²) in [7, 11) is 3.35. The van der Waals surface area contributed by atoms with Crippen LogP contribution in [0, 0.1) is 0 Å². The summed E-state index contributed by atoms with van der Waals surface area (Å²) in [5, 5.41) is 3.10. The summed E-state index contributed by atoms with van der Waals surface area (Å²) in [5.41, 5.74) is 1.26. The van der Waals surface area contributed by atoms with E-state index in [1.165, 1.54) is 17.6 Å². The summed E-state index contributed by atoms with van der Waals surface area (Å²) in [4.78, 5) is 12.1. The fourth-order valence-electron chi connectivity index (χ4n) is 1.26. The van der Waals surface area contributed by atoms with Crippen LogP contribution >= 0.6 is 11.8 Å². The lowest BCUT2D eigenvalue weighted by Gasteiger charge is -2.03. The number of esters is 1. The zero-order valence-electron chi connectivity index (χ0n) is 9.66. The first kappa shape index (κ1) is 13.1. The van der Waals surface area contributed by atoms with E-state index in [0.29, 0.717) is 6.42 Å². The molecule has 0 radical (unpaired) electrons. The Hall–Kier alpha value is -1.00. The second kappa shape index (κ2) is 7.30. The molecule has 0 saturated heterocycles. The largest absolute Gasteiger partial charge is 0.469 e. The molecule has 0 bridgehead atoms. The van der Waals surface area contributed by atoms with Gasteiger partial charge in [-0.05, 0) is 24.7 Å². The normalized spacial score (nSPS) is 10.1. The molecule has 16 heavy (non-hydrogen) atoms. The van der Waals surface area contributed by atoms with Gasteiger partial charge in [-0.15, -0.1) is 11.8 Å². The molecule has 0 aliphatic carbocycles. The minimum atomic E-state index is -0.153. The molecule has 3 nitrogen and oxygen atoms in total. The van der Waals surface area contributed by atoms with Gasteiger partial charge in [0.15, 0.2) is 0 Å². The molecule has 1 rings (SSSR count). The van der Waals surface area contributed by atoms with Crippen molar-refractivity contribution in [2.75, 3.05) is 19.9 Å². The quantitative estimate of drug-likeness (QED) is 0.609. The molecule has 0 heterocycles. The molecule has 0 aliphatic heterocycles. The SMILES string of the molecule is CNCc1ccc(SCCC(=O)OC)cc1. The van der Waals surface area contributed by atoms with Crippen LogP contribution in [-0.2, 0) is 16.1 Å². The average Bonchev–Trinajstić information content (AvgIpc) is 2.31. The third kappa shape index (κ3) is 4.68. The molecule has 0 unspecified atom stereocenters. The number of carbonyl (C=O) groups excluding carboxylic acids is 1. The average molecular weight is 239 g/mol. The maximum absolute atomic E-state index is 10.9. The lowest BCUT2D eigenvalue weighted by atomic mass is 10.2. The number of rotatable bonds is 6. The molecule has 1 aromatic carbocycles. The highest BCUT2D eigenvalue weighted by atomic mass is 32.2. The molecule has 1 aromatic rings. The summed E-state index contributed by atoms with van der Waals surface area (Å²) in [5.74, 6) is 0.609. The van der Waals surface area contributed by atoms with E-state index in [0.717, 1.165) is 12.3 Å². The van der Waals surface area contributed by atoms with Crippen molar-refractivity contribution >= 4 is 17.7 Å². The van der Waals surface area contributed by atoms with Gasteiger partial charge in [0.2, 0.25) is 0 Å². The van der Waals surface area contributed by atoms with E-state index in [4.69, 9.17) is 0 Å². The minimum Gasteiger partial charge on any atom is -0.469 e. The molecule has 0 aliphatic rings. The van der Waals surface area contributed by atoms with Gasteiger partial charge in [0.25, 0.3) is 0 Å². The van der Waals surface area contributed by atoms with E-state index in [9.17, 15) is 4.79 Å². The van der Waals surface area contributed by atoms with Crippen LogP contribution in [0.3, 0.4) is 0 Å². The second-order valence-electron chi connectivity index (χ2n) is 3.35. The first-order chi connectivity index (χ1) is 7.76. The molecule has 1 N–H and O–H groups in total. The standard InChI is InChI=1S/C12H17NO2S/c1-13-9-10-3-5-11(6-4-10)16-8-7-12(14)15-2/h3-6,13H,7-9H2,1-2H3. The van der Waals surface area contributed by atoms with Crippen molar-refractivity contribution in [3.05, 3.63) is 29.8 Å². The van der Waals surface area contributed by atoms with Gasteiger partial charge in [-0.2, -0.15) is 0 Å². The molecular formula is C12H17NO2S. The molecule has 0 fully saturated rings. The lowest BCUT2D eigenvalue weighted by molar-refractivity contribution is -0.140. The number of methoxy groups -OCH3 is 1. The van der Waals surface area contributed by atoms with Gasteiger partial charge in [-0.3, -0.25) is 4.79 Å². The molecular weight excluding hydrogens is 222 g/mol. The highest BCUT2D eigenvalue weighted by Gasteiger charge is 2.00. The van der Waals surface area contributed by atoms with Crippen molar-refractivity contribution in [3.8, 4) is 0 Å². The Labute approximate surface area is 101 Å². The summed E-state index contributed by atoms with van der Waals surface area (Å²) < 4.78 is 4.58. The maximum atomic E-state index is 10.9. The van der Waals surface area contributed by atoms with E-state index in [1.807, 2.05) is 7.05 Å². The molecule has 0 saturated carbocycles. The van der Waals surface area contributed by atoms with E-state index in [2.05, 4.69) is 34.3 Å². The van der Waals surface area contributed by atoms with Crippen LogP contribution in [0.5, 0.6) is 0 Å². The number of carbonyl (C=O) groups is 1. The van der Waals surface area contributed by atoms with Crippen LogP contribution in [-0.4, -0.2) is 25.9 Å². The zero-order valence-corrected chi connectivity index (χ0v) is 10.5. The molecule has 88 valence electrons. The highest BCUT2D eigenvalue weighted by Crippen LogP contribution is 2.19. The Kier molecular flexibility index (Phi) is 5.96. The van der Waals surface area contributed by atoms with Crippen molar-refractivity contribution in [2.45, 2.75) is 17.9 Å². The molecule has 0 amide bonds. The molecule has 0 spiro atoms. The Balaban J connectivity index is 2.34. The van der Waals surface area contributed by atoms with Crippen molar-refractivity contribution in [1.82, 2.24) is 5.32 Å². The first-order valence-electron chi connectivity index (χ1n) is 5.19. The second-order valence-corrected chi connectivity index (χ2v) is 4.52. The number of hydrogen-bond acceptors (Lipinski definition) is 4. The number of hydrogen-bond donors (Lipinski definition) is 1.